The molecule has 0 radical (unpaired) electrons. The van der Waals surface area contributed by atoms with Gasteiger partial charge in [0.05, 0.1) is 5.92 Å². The number of carbonyl (C=O) groups is 2. The van der Waals surface area contributed by atoms with Crippen molar-refractivity contribution in [1.82, 2.24) is 0 Å². The number of hydrogen-bond acceptors (Lipinski definition) is 4. The minimum absolute atomic E-state index is 0.0600. The van der Waals surface area contributed by atoms with Gasteiger partial charge in [0.25, 0.3) is 0 Å². The zero-order valence-electron chi connectivity index (χ0n) is 6.24. The average molecular weight is 158 g/mol. The predicted molar refractivity (Wildman–Crippen MR) is 35.8 cm³/mol. The molecule has 0 amide bonds. The highest BCUT2D eigenvalue weighted by molar-refractivity contribution is 6.36. The molecular weight excluding hydrogens is 148 g/mol. The van der Waals surface area contributed by atoms with E-state index >= 15 is 0 Å². The lowest BCUT2D eigenvalue weighted by atomic mass is 10.0. The fraction of sp³-hybridized carbons (Fsp3) is 0.714. The molecule has 62 valence electrons. The summed E-state index contributed by atoms with van der Waals surface area (Å²) in [5.74, 6) is -1.64. The van der Waals surface area contributed by atoms with Gasteiger partial charge in [0, 0.05) is 13.0 Å². The number of ether oxygens (including phenoxy) is 1. The van der Waals surface area contributed by atoms with Crippen LogP contribution in [-0.2, 0) is 14.3 Å². The molecule has 2 unspecified atom stereocenters. The molecule has 0 aliphatic carbocycles. The van der Waals surface area contributed by atoms with E-state index in [1.807, 2.05) is 0 Å². The quantitative estimate of drug-likeness (QED) is 0.434. The Morgan fingerprint density at radius 3 is 2.55 bits per heavy atom. The van der Waals surface area contributed by atoms with Crippen molar-refractivity contribution < 1.29 is 19.4 Å². The maximum Gasteiger partial charge on any atom is 0.375 e. The molecular formula is C7H10O4. The average Bonchev–Trinajstić information content (AvgIpc) is 2.19. The van der Waals surface area contributed by atoms with Gasteiger partial charge >= 0.3 is 5.97 Å². The van der Waals surface area contributed by atoms with Gasteiger partial charge in [-0.3, -0.25) is 4.79 Å². The summed E-state index contributed by atoms with van der Waals surface area (Å²) < 4.78 is 4.68. The molecule has 2 atom stereocenters. The smallest absolute Gasteiger partial charge is 0.375 e. The van der Waals surface area contributed by atoms with Crippen LogP contribution in [0, 0.1) is 5.92 Å². The van der Waals surface area contributed by atoms with Crippen LogP contribution in [0.4, 0.5) is 0 Å². The normalized spacial score (nSPS) is 30.7. The van der Waals surface area contributed by atoms with Crippen molar-refractivity contribution in [3.05, 3.63) is 0 Å². The third-order valence-electron chi connectivity index (χ3n) is 1.84. The molecule has 1 N–H and O–H groups in total. The molecule has 4 heteroatoms. The van der Waals surface area contributed by atoms with Crippen LogP contribution in [-0.4, -0.2) is 29.6 Å². The van der Waals surface area contributed by atoms with E-state index in [1.54, 1.807) is 6.92 Å². The highest BCUT2D eigenvalue weighted by Crippen LogP contribution is 2.20. The zero-order valence-corrected chi connectivity index (χ0v) is 6.24. The molecule has 4 nitrogen and oxygen atoms in total. The van der Waals surface area contributed by atoms with Gasteiger partial charge < -0.3 is 9.84 Å². The van der Waals surface area contributed by atoms with Gasteiger partial charge in [0.2, 0.25) is 5.78 Å². The second-order valence-electron chi connectivity index (χ2n) is 2.61. The maximum absolute atomic E-state index is 10.8. The maximum atomic E-state index is 10.8. The first-order valence-electron chi connectivity index (χ1n) is 3.52. The minimum Gasteiger partial charge on any atom is -0.456 e. The number of carbonyl (C=O) groups excluding carboxylic acids is 2. The van der Waals surface area contributed by atoms with Crippen LogP contribution in [0.5, 0.6) is 0 Å². The number of aliphatic hydroxyl groups excluding tert-OH is 1. The van der Waals surface area contributed by atoms with Crippen LogP contribution in [0.3, 0.4) is 0 Å². The molecule has 0 saturated carbocycles. The SMILES string of the molecule is CC1C(=O)C(=O)OC1CCO. The molecule has 0 bridgehead atoms. The van der Waals surface area contributed by atoms with E-state index in [4.69, 9.17) is 5.11 Å². The molecule has 1 aliphatic rings. The molecule has 11 heavy (non-hydrogen) atoms. The van der Waals surface area contributed by atoms with E-state index < -0.39 is 23.8 Å². The van der Waals surface area contributed by atoms with Crippen LogP contribution in [0.25, 0.3) is 0 Å². The van der Waals surface area contributed by atoms with Gasteiger partial charge in [-0.2, -0.15) is 0 Å². The second kappa shape index (κ2) is 3.00. The van der Waals surface area contributed by atoms with Gasteiger partial charge in [-0.15, -0.1) is 0 Å². The largest absolute Gasteiger partial charge is 0.456 e. The number of hydrogen-bond donors (Lipinski definition) is 1. The summed E-state index contributed by atoms with van der Waals surface area (Å²) in [7, 11) is 0. The Morgan fingerprint density at radius 2 is 2.18 bits per heavy atom. The van der Waals surface area contributed by atoms with Crippen molar-refractivity contribution in [2.75, 3.05) is 6.61 Å². The van der Waals surface area contributed by atoms with Gasteiger partial charge in [0.1, 0.15) is 6.10 Å². The first-order valence-corrected chi connectivity index (χ1v) is 3.52. The Morgan fingerprint density at radius 1 is 1.55 bits per heavy atom. The number of esters is 1. The summed E-state index contributed by atoms with van der Waals surface area (Å²) in [6, 6.07) is 0. The Bertz CT molecular complexity index is 187. The summed E-state index contributed by atoms with van der Waals surface area (Å²) in [5.41, 5.74) is 0. The monoisotopic (exact) mass is 158 g/mol. The van der Waals surface area contributed by atoms with Crippen LogP contribution in [0.1, 0.15) is 13.3 Å². The fourth-order valence-corrected chi connectivity index (χ4v) is 1.09. The molecule has 0 aromatic rings. The molecule has 1 rings (SSSR count). The summed E-state index contributed by atoms with van der Waals surface area (Å²) in [6.07, 6.45) is -0.0708. The molecule has 0 aromatic heterocycles. The molecule has 1 aliphatic heterocycles. The number of aliphatic hydroxyl groups is 1. The highest BCUT2D eigenvalue weighted by atomic mass is 16.6. The molecule has 1 heterocycles. The molecule has 0 aromatic carbocycles. The van der Waals surface area contributed by atoms with E-state index in [9.17, 15) is 9.59 Å². The van der Waals surface area contributed by atoms with Gasteiger partial charge in [-0.25, -0.2) is 4.79 Å². The first-order chi connectivity index (χ1) is 5.16. The third-order valence-corrected chi connectivity index (χ3v) is 1.84. The van der Waals surface area contributed by atoms with E-state index in [0.29, 0.717) is 6.42 Å². The van der Waals surface area contributed by atoms with Crippen molar-refractivity contribution in [3.63, 3.8) is 0 Å². The minimum atomic E-state index is -0.768. The summed E-state index contributed by atoms with van der Waals surface area (Å²) in [4.78, 5) is 21.5. The lowest BCUT2D eigenvalue weighted by Crippen LogP contribution is -2.18. The Hall–Kier alpha value is -0.900. The topological polar surface area (TPSA) is 63.6 Å². The van der Waals surface area contributed by atoms with Crippen molar-refractivity contribution in [2.45, 2.75) is 19.4 Å². The zero-order chi connectivity index (χ0) is 8.43. The van der Waals surface area contributed by atoms with Gasteiger partial charge in [-0.05, 0) is 0 Å². The van der Waals surface area contributed by atoms with Crippen LogP contribution >= 0.6 is 0 Å². The third kappa shape index (κ3) is 1.40. The van der Waals surface area contributed by atoms with Crippen LogP contribution in [0.2, 0.25) is 0 Å². The lowest BCUT2D eigenvalue weighted by molar-refractivity contribution is -0.149. The van der Waals surface area contributed by atoms with Gasteiger partial charge in [0.15, 0.2) is 0 Å². The van der Waals surface area contributed by atoms with Crippen molar-refractivity contribution in [2.24, 2.45) is 5.92 Å². The predicted octanol–water partition coefficient (Wildman–Crippen LogP) is -0.501. The second-order valence-corrected chi connectivity index (χ2v) is 2.61. The van der Waals surface area contributed by atoms with Crippen LogP contribution in [0.15, 0.2) is 0 Å². The Labute approximate surface area is 64.2 Å². The number of cyclic esters (lactones) is 1. The molecule has 1 saturated heterocycles. The Balaban J connectivity index is 2.59. The summed E-state index contributed by atoms with van der Waals surface area (Å²) in [5, 5.41) is 8.51. The van der Waals surface area contributed by atoms with E-state index in [0.717, 1.165) is 0 Å². The number of rotatable bonds is 2. The van der Waals surface area contributed by atoms with Crippen LogP contribution < -0.4 is 0 Å². The highest BCUT2D eigenvalue weighted by Gasteiger charge is 2.39. The molecule has 1 fully saturated rings. The van der Waals surface area contributed by atoms with E-state index in [1.165, 1.54) is 0 Å². The molecule has 0 spiro atoms. The number of ketones is 1. The standard InChI is InChI=1S/C7H10O4/c1-4-5(2-3-8)11-7(10)6(4)9/h4-5,8H,2-3H2,1H3. The summed E-state index contributed by atoms with van der Waals surface area (Å²) >= 11 is 0. The van der Waals surface area contributed by atoms with Crippen molar-refractivity contribution in [1.29, 1.82) is 0 Å². The fourth-order valence-electron chi connectivity index (χ4n) is 1.09. The summed E-state index contributed by atoms with van der Waals surface area (Å²) in [6.45, 7) is 1.57. The number of Topliss-reactive ketones (excluding diaryl/α,β-unsaturated/α-hetero) is 1. The van der Waals surface area contributed by atoms with Gasteiger partial charge in [-0.1, -0.05) is 6.92 Å². The van der Waals surface area contributed by atoms with E-state index in [-0.39, 0.29) is 6.61 Å². The van der Waals surface area contributed by atoms with E-state index in [2.05, 4.69) is 4.74 Å². The first kappa shape index (κ1) is 8.20. The lowest BCUT2D eigenvalue weighted by Gasteiger charge is -2.09. The van der Waals surface area contributed by atoms with Crippen molar-refractivity contribution >= 4 is 11.8 Å². The Kier molecular flexibility index (Phi) is 2.24. The van der Waals surface area contributed by atoms with Crippen molar-refractivity contribution in [3.8, 4) is 0 Å².